The van der Waals surface area contributed by atoms with Gasteiger partial charge in [-0.15, -0.1) is 0 Å². The van der Waals surface area contributed by atoms with Crippen molar-refractivity contribution in [3.63, 3.8) is 0 Å². The van der Waals surface area contributed by atoms with E-state index in [4.69, 9.17) is 42.6 Å². The third-order valence-corrected chi connectivity index (χ3v) is 3.19. The van der Waals surface area contributed by atoms with Crippen molar-refractivity contribution in [1.29, 1.82) is 0 Å². The van der Waals surface area contributed by atoms with Crippen LogP contribution in [0.4, 0.5) is 0 Å². The van der Waals surface area contributed by atoms with Gasteiger partial charge < -0.3 is 42.6 Å². The fourth-order valence-electron chi connectivity index (χ4n) is 1.82. The van der Waals surface area contributed by atoms with E-state index in [-0.39, 0.29) is 12.6 Å². The quantitative estimate of drug-likeness (QED) is 0.158. The summed E-state index contributed by atoms with van der Waals surface area (Å²) in [6.07, 6.45) is 0. The highest BCUT2D eigenvalue weighted by atomic mass is 16.6. The highest BCUT2D eigenvalue weighted by molar-refractivity contribution is 5.70. The van der Waals surface area contributed by atoms with Gasteiger partial charge in [-0.3, -0.25) is 0 Å². The fraction of sp³-hybridized carbons (Fsp3) is 0.947. The molecular weight excluding hydrogens is 388 g/mol. The van der Waals surface area contributed by atoms with Crippen molar-refractivity contribution in [1.82, 2.24) is 0 Å². The van der Waals surface area contributed by atoms with Crippen LogP contribution in [0.1, 0.15) is 6.92 Å². The molecule has 0 atom stereocenters. The molecular formula is C19H38O10. The first-order chi connectivity index (χ1) is 14.3. The van der Waals surface area contributed by atoms with E-state index in [1.807, 2.05) is 0 Å². The topological polar surface area (TPSA) is 100 Å². The maximum Gasteiger partial charge on any atom is 0.332 e. The largest absolute Gasteiger partial charge is 0.464 e. The van der Waals surface area contributed by atoms with Crippen molar-refractivity contribution in [2.24, 2.45) is 0 Å². The van der Waals surface area contributed by atoms with Crippen molar-refractivity contribution >= 4 is 5.97 Å². The van der Waals surface area contributed by atoms with Crippen LogP contribution in [0.3, 0.4) is 0 Å². The molecule has 0 fully saturated rings. The van der Waals surface area contributed by atoms with Gasteiger partial charge in [-0.05, 0) is 6.92 Å². The van der Waals surface area contributed by atoms with Gasteiger partial charge in [-0.2, -0.15) is 0 Å². The molecule has 0 unspecified atom stereocenters. The van der Waals surface area contributed by atoms with Gasteiger partial charge in [0.05, 0.1) is 99.1 Å². The third-order valence-electron chi connectivity index (χ3n) is 3.19. The summed E-state index contributed by atoms with van der Waals surface area (Å²) in [5.41, 5.74) is 0. The number of methoxy groups -OCH3 is 1. The van der Waals surface area contributed by atoms with Crippen molar-refractivity contribution in [2.75, 3.05) is 113 Å². The van der Waals surface area contributed by atoms with Crippen LogP contribution in [-0.2, 0) is 47.4 Å². The predicted octanol–water partition coefficient (Wildman–Crippen LogP) is 0.312. The average Bonchev–Trinajstić information content (AvgIpc) is 2.72. The average molecular weight is 427 g/mol. The summed E-state index contributed by atoms with van der Waals surface area (Å²) in [6.45, 7) is 9.10. The molecule has 174 valence electrons. The minimum atomic E-state index is -0.367. The Morgan fingerprint density at radius 1 is 0.517 bits per heavy atom. The molecule has 29 heavy (non-hydrogen) atoms. The van der Waals surface area contributed by atoms with Gasteiger partial charge in [0.15, 0.2) is 0 Å². The second-order valence-electron chi connectivity index (χ2n) is 5.52. The lowest BCUT2D eigenvalue weighted by molar-refractivity contribution is -0.149. The normalized spacial score (nSPS) is 11.1. The fourth-order valence-corrected chi connectivity index (χ4v) is 1.82. The van der Waals surface area contributed by atoms with Crippen LogP contribution in [0.5, 0.6) is 0 Å². The molecule has 0 aliphatic heterocycles. The molecule has 0 N–H and O–H groups in total. The Labute approximate surface area is 173 Å². The summed E-state index contributed by atoms with van der Waals surface area (Å²) in [7, 11) is 1.64. The minimum absolute atomic E-state index is 0.0496. The minimum Gasteiger partial charge on any atom is -0.464 e. The first-order valence-electron chi connectivity index (χ1n) is 10.00. The molecule has 0 amide bonds. The molecule has 0 aromatic carbocycles. The molecule has 0 saturated carbocycles. The lowest BCUT2D eigenvalue weighted by atomic mass is 10.6. The van der Waals surface area contributed by atoms with Crippen LogP contribution in [0.2, 0.25) is 0 Å². The SMILES string of the molecule is CCOC(=O)COCCOCCOCCOCCOCCOCCOCCOC. The Morgan fingerprint density at radius 3 is 1.14 bits per heavy atom. The molecule has 0 aliphatic rings. The van der Waals surface area contributed by atoms with E-state index >= 15 is 0 Å². The molecule has 0 heterocycles. The van der Waals surface area contributed by atoms with E-state index in [0.717, 1.165) is 0 Å². The van der Waals surface area contributed by atoms with Crippen molar-refractivity contribution < 1.29 is 47.4 Å². The Morgan fingerprint density at radius 2 is 0.828 bits per heavy atom. The zero-order valence-corrected chi connectivity index (χ0v) is 17.9. The Hall–Kier alpha value is -0.850. The van der Waals surface area contributed by atoms with E-state index in [1.165, 1.54) is 0 Å². The highest BCUT2D eigenvalue weighted by Crippen LogP contribution is 1.86. The summed E-state index contributed by atoms with van der Waals surface area (Å²) < 4.78 is 46.8. The third kappa shape index (κ3) is 25.1. The maximum absolute atomic E-state index is 11.0. The second-order valence-corrected chi connectivity index (χ2v) is 5.52. The van der Waals surface area contributed by atoms with Crippen LogP contribution < -0.4 is 0 Å². The summed E-state index contributed by atoms with van der Waals surface area (Å²) in [4.78, 5) is 11.0. The Balaban J connectivity index is 3.02. The molecule has 0 aromatic heterocycles. The van der Waals surface area contributed by atoms with E-state index < -0.39 is 0 Å². The van der Waals surface area contributed by atoms with E-state index in [2.05, 4.69) is 0 Å². The Bertz CT molecular complexity index is 330. The van der Waals surface area contributed by atoms with Crippen molar-refractivity contribution in [3.8, 4) is 0 Å². The van der Waals surface area contributed by atoms with Gasteiger partial charge in [-0.1, -0.05) is 0 Å². The van der Waals surface area contributed by atoms with Crippen LogP contribution in [-0.4, -0.2) is 119 Å². The molecule has 0 radical (unpaired) electrons. The monoisotopic (exact) mass is 426 g/mol. The number of hydrogen-bond acceptors (Lipinski definition) is 10. The summed E-state index contributed by atoms with van der Waals surface area (Å²) in [6, 6.07) is 0. The van der Waals surface area contributed by atoms with E-state index in [0.29, 0.717) is 99.1 Å². The lowest BCUT2D eigenvalue weighted by Crippen LogP contribution is -2.16. The number of ether oxygens (including phenoxy) is 9. The zero-order chi connectivity index (χ0) is 21.3. The van der Waals surface area contributed by atoms with Crippen molar-refractivity contribution in [2.45, 2.75) is 6.92 Å². The van der Waals surface area contributed by atoms with Gasteiger partial charge in [0, 0.05) is 7.11 Å². The summed E-state index contributed by atoms with van der Waals surface area (Å²) in [5.74, 6) is -0.367. The second kappa shape index (κ2) is 25.2. The number of rotatable bonds is 24. The molecule has 0 bridgehead atoms. The number of hydrogen-bond donors (Lipinski definition) is 0. The smallest absolute Gasteiger partial charge is 0.332 e. The number of carbonyl (C=O) groups excluding carboxylic acids is 1. The van der Waals surface area contributed by atoms with Crippen LogP contribution in [0, 0.1) is 0 Å². The van der Waals surface area contributed by atoms with Gasteiger partial charge in [0.1, 0.15) is 6.61 Å². The first kappa shape index (κ1) is 28.1. The molecule has 0 aromatic rings. The summed E-state index contributed by atoms with van der Waals surface area (Å²) >= 11 is 0. The number of carbonyl (C=O) groups is 1. The first-order valence-corrected chi connectivity index (χ1v) is 10.00. The molecule has 0 spiro atoms. The molecule has 0 saturated heterocycles. The Kier molecular flexibility index (Phi) is 24.4. The molecule has 0 rings (SSSR count). The molecule has 10 nitrogen and oxygen atoms in total. The highest BCUT2D eigenvalue weighted by Gasteiger charge is 2.00. The van der Waals surface area contributed by atoms with Gasteiger partial charge in [0.25, 0.3) is 0 Å². The van der Waals surface area contributed by atoms with Crippen LogP contribution in [0.15, 0.2) is 0 Å². The van der Waals surface area contributed by atoms with Crippen molar-refractivity contribution in [3.05, 3.63) is 0 Å². The zero-order valence-electron chi connectivity index (χ0n) is 17.9. The number of esters is 1. The lowest BCUT2D eigenvalue weighted by Gasteiger charge is -2.08. The van der Waals surface area contributed by atoms with E-state index in [9.17, 15) is 4.79 Å². The maximum atomic E-state index is 11.0. The summed E-state index contributed by atoms with van der Waals surface area (Å²) in [5, 5.41) is 0. The van der Waals surface area contributed by atoms with Crippen LogP contribution in [0.25, 0.3) is 0 Å². The molecule has 0 aliphatic carbocycles. The van der Waals surface area contributed by atoms with Gasteiger partial charge in [-0.25, -0.2) is 4.79 Å². The van der Waals surface area contributed by atoms with Crippen LogP contribution >= 0.6 is 0 Å². The predicted molar refractivity (Wildman–Crippen MR) is 104 cm³/mol. The van der Waals surface area contributed by atoms with E-state index in [1.54, 1.807) is 14.0 Å². The standard InChI is InChI=1S/C19H38O10/c1-3-29-19(20)18-28-17-16-27-15-14-26-13-12-25-11-10-24-9-8-23-7-6-22-5-4-21-2/h3-18H2,1-2H3. The van der Waals surface area contributed by atoms with Gasteiger partial charge >= 0.3 is 5.97 Å². The molecule has 10 heteroatoms. The van der Waals surface area contributed by atoms with Gasteiger partial charge in [0.2, 0.25) is 0 Å².